The highest BCUT2D eigenvalue weighted by Crippen LogP contribution is 2.35. The van der Waals surface area contributed by atoms with Crippen molar-refractivity contribution in [2.75, 3.05) is 0 Å². The summed E-state index contributed by atoms with van der Waals surface area (Å²) in [5.74, 6) is 0.783. The summed E-state index contributed by atoms with van der Waals surface area (Å²) in [7, 11) is 0. The maximum absolute atomic E-state index is 4.71. The molecule has 0 amide bonds. The Kier molecular flexibility index (Phi) is 3.31. The predicted molar refractivity (Wildman–Crippen MR) is 110 cm³/mol. The van der Waals surface area contributed by atoms with Crippen LogP contribution in [0.1, 0.15) is 22.8 Å². The highest BCUT2D eigenvalue weighted by atomic mass is 15.3. The quantitative estimate of drug-likeness (QED) is 0.383. The fourth-order valence-corrected chi connectivity index (χ4v) is 4.11. The minimum absolute atomic E-state index is 0.783. The average molecular weight is 352 g/mol. The van der Waals surface area contributed by atoms with E-state index >= 15 is 0 Å². The zero-order chi connectivity index (χ0) is 18.7. The van der Waals surface area contributed by atoms with Gasteiger partial charge >= 0.3 is 0 Å². The van der Waals surface area contributed by atoms with Gasteiger partial charge in [0, 0.05) is 27.7 Å². The van der Waals surface area contributed by atoms with Crippen LogP contribution in [-0.2, 0) is 0 Å². The molecular weight excluding hydrogens is 332 g/mol. The molecule has 0 N–H and O–H groups in total. The largest absolute Gasteiger partial charge is 0.258 e. The third kappa shape index (κ3) is 2.26. The molecule has 0 radical (unpaired) electrons. The summed E-state index contributed by atoms with van der Waals surface area (Å²) in [6, 6.07) is 17.1. The molecule has 132 valence electrons. The number of aryl methyl sites for hydroxylation is 4. The molecule has 3 heterocycles. The number of fused-ring (bicyclic) bond motifs is 6. The smallest absolute Gasteiger partial charge is 0.164 e. The van der Waals surface area contributed by atoms with Gasteiger partial charge in [0.25, 0.3) is 0 Å². The van der Waals surface area contributed by atoms with Gasteiger partial charge in [-0.2, -0.15) is 5.10 Å². The Morgan fingerprint density at radius 3 is 2.22 bits per heavy atom. The van der Waals surface area contributed by atoms with Gasteiger partial charge in [-0.25, -0.2) is 9.50 Å². The van der Waals surface area contributed by atoms with Gasteiger partial charge in [0.1, 0.15) is 5.82 Å². The molecule has 0 aliphatic heterocycles. The molecule has 27 heavy (non-hydrogen) atoms. The summed E-state index contributed by atoms with van der Waals surface area (Å²) in [5.41, 5.74) is 7.66. The minimum atomic E-state index is 0.783. The van der Waals surface area contributed by atoms with E-state index < -0.39 is 0 Å². The van der Waals surface area contributed by atoms with E-state index in [0.717, 1.165) is 39.3 Å². The van der Waals surface area contributed by atoms with E-state index in [9.17, 15) is 0 Å². The number of nitrogens with zero attached hydrogens (tertiary/aromatic N) is 4. The first kappa shape index (κ1) is 15.9. The monoisotopic (exact) mass is 352 g/mol. The Hall–Kier alpha value is -3.27. The molecule has 3 aromatic heterocycles. The van der Waals surface area contributed by atoms with Crippen molar-refractivity contribution >= 4 is 27.3 Å². The van der Waals surface area contributed by atoms with Crippen molar-refractivity contribution in [3.05, 3.63) is 71.3 Å². The molecule has 0 spiro atoms. The summed E-state index contributed by atoms with van der Waals surface area (Å²) < 4.78 is 2.00. The van der Waals surface area contributed by atoms with E-state index in [0.29, 0.717) is 0 Å². The van der Waals surface area contributed by atoms with Gasteiger partial charge in [-0.15, -0.1) is 0 Å². The van der Waals surface area contributed by atoms with Crippen molar-refractivity contribution in [3.63, 3.8) is 0 Å². The lowest BCUT2D eigenvalue weighted by Crippen LogP contribution is -1.99. The Bertz CT molecular complexity index is 1360. The second-order valence-electron chi connectivity index (χ2n) is 7.16. The molecule has 0 saturated carbocycles. The maximum atomic E-state index is 4.71. The van der Waals surface area contributed by atoms with Crippen molar-refractivity contribution < 1.29 is 0 Å². The summed E-state index contributed by atoms with van der Waals surface area (Å²) in [5, 5.41) is 8.25. The fourth-order valence-electron chi connectivity index (χ4n) is 4.11. The molecule has 0 aliphatic rings. The topological polar surface area (TPSA) is 43.1 Å². The fraction of sp³-hybridized carbons (Fsp3) is 0.174. The van der Waals surface area contributed by atoms with E-state index in [2.05, 4.69) is 67.4 Å². The van der Waals surface area contributed by atoms with Crippen LogP contribution >= 0.6 is 0 Å². The molecule has 4 heteroatoms. The lowest BCUT2D eigenvalue weighted by Gasteiger charge is -2.14. The average Bonchev–Trinajstić information content (AvgIpc) is 3.04. The first-order chi connectivity index (χ1) is 13.0. The number of benzene rings is 2. The number of hydrogen-bond acceptors (Lipinski definition) is 3. The number of rotatable bonds is 1. The van der Waals surface area contributed by atoms with E-state index in [1.165, 1.54) is 21.9 Å². The highest BCUT2D eigenvalue weighted by molar-refractivity contribution is 6.13. The number of pyridine rings is 2. The van der Waals surface area contributed by atoms with Crippen molar-refractivity contribution in [2.24, 2.45) is 0 Å². The van der Waals surface area contributed by atoms with Crippen LogP contribution in [0, 0.1) is 27.7 Å². The first-order valence-corrected chi connectivity index (χ1v) is 9.16. The second kappa shape index (κ2) is 5.61. The Balaban J connectivity index is 1.97. The lowest BCUT2D eigenvalue weighted by molar-refractivity contribution is 0.964. The van der Waals surface area contributed by atoms with Crippen molar-refractivity contribution in [1.82, 2.24) is 19.6 Å². The van der Waals surface area contributed by atoms with Crippen LogP contribution in [0.25, 0.3) is 38.4 Å². The zero-order valence-electron chi connectivity index (χ0n) is 15.9. The van der Waals surface area contributed by atoms with Gasteiger partial charge in [0.15, 0.2) is 5.65 Å². The van der Waals surface area contributed by atoms with Gasteiger partial charge in [-0.3, -0.25) is 4.98 Å². The van der Waals surface area contributed by atoms with Crippen molar-refractivity contribution in [3.8, 4) is 11.1 Å². The van der Waals surface area contributed by atoms with Crippen LogP contribution in [-0.4, -0.2) is 19.6 Å². The molecule has 4 nitrogen and oxygen atoms in total. The van der Waals surface area contributed by atoms with Crippen molar-refractivity contribution in [2.45, 2.75) is 27.7 Å². The summed E-state index contributed by atoms with van der Waals surface area (Å²) in [4.78, 5) is 9.36. The predicted octanol–water partition coefficient (Wildman–Crippen LogP) is 5.33. The minimum Gasteiger partial charge on any atom is -0.258 e. The van der Waals surface area contributed by atoms with Gasteiger partial charge in [0.05, 0.1) is 5.52 Å². The standard InChI is InChI=1S/C23H20N4/c1-13-9-10-18(15(3)24-13)17-11-12-20-19-7-5-6-8-21(19)23-25-16(4)26-27(23)22(20)14(17)2/h5-12H,1-4H3. The summed E-state index contributed by atoms with van der Waals surface area (Å²) >= 11 is 0. The van der Waals surface area contributed by atoms with Gasteiger partial charge in [0.2, 0.25) is 0 Å². The molecule has 0 aliphatic carbocycles. The number of hydrogen-bond donors (Lipinski definition) is 0. The van der Waals surface area contributed by atoms with Crippen LogP contribution in [0.2, 0.25) is 0 Å². The van der Waals surface area contributed by atoms with Crippen molar-refractivity contribution in [1.29, 1.82) is 0 Å². The normalized spacial score (nSPS) is 11.7. The van der Waals surface area contributed by atoms with Gasteiger partial charge in [-0.05, 0) is 50.3 Å². The second-order valence-corrected chi connectivity index (χ2v) is 7.16. The molecule has 0 fully saturated rings. The van der Waals surface area contributed by atoms with Crippen LogP contribution in [0.4, 0.5) is 0 Å². The van der Waals surface area contributed by atoms with Crippen LogP contribution in [0.3, 0.4) is 0 Å². The van der Waals surface area contributed by atoms with Gasteiger partial charge < -0.3 is 0 Å². The Morgan fingerprint density at radius 1 is 0.704 bits per heavy atom. The van der Waals surface area contributed by atoms with Crippen LogP contribution in [0.5, 0.6) is 0 Å². The van der Waals surface area contributed by atoms with Crippen LogP contribution < -0.4 is 0 Å². The molecule has 0 atom stereocenters. The SMILES string of the molecule is Cc1ccc(-c2ccc3c4ccccc4c4nc(C)nn4c3c2C)c(C)n1. The molecule has 0 bridgehead atoms. The van der Waals surface area contributed by atoms with E-state index in [-0.39, 0.29) is 0 Å². The molecular formula is C23H20N4. The molecule has 0 saturated heterocycles. The van der Waals surface area contributed by atoms with Gasteiger partial charge in [-0.1, -0.05) is 42.5 Å². The first-order valence-electron chi connectivity index (χ1n) is 9.16. The molecule has 0 unspecified atom stereocenters. The highest BCUT2D eigenvalue weighted by Gasteiger charge is 2.16. The van der Waals surface area contributed by atoms with Crippen LogP contribution in [0.15, 0.2) is 48.5 Å². The third-order valence-corrected chi connectivity index (χ3v) is 5.33. The van der Waals surface area contributed by atoms with E-state index in [4.69, 9.17) is 10.1 Å². The van der Waals surface area contributed by atoms with E-state index in [1.54, 1.807) is 0 Å². The van der Waals surface area contributed by atoms with E-state index in [1.807, 2.05) is 18.4 Å². The lowest BCUT2D eigenvalue weighted by atomic mass is 9.95. The third-order valence-electron chi connectivity index (χ3n) is 5.33. The summed E-state index contributed by atoms with van der Waals surface area (Å²) in [6.45, 7) is 8.21. The molecule has 5 rings (SSSR count). The number of aromatic nitrogens is 4. The molecule has 5 aromatic rings. The Labute approximate surface area is 157 Å². The zero-order valence-corrected chi connectivity index (χ0v) is 15.9. The maximum Gasteiger partial charge on any atom is 0.164 e. The summed E-state index contributed by atoms with van der Waals surface area (Å²) in [6.07, 6.45) is 0. The Morgan fingerprint density at radius 2 is 1.44 bits per heavy atom. The molecule has 2 aromatic carbocycles.